The van der Waals surface area contributed by atoms with Crippen LogP contribution < -0.4 is 5.32 Å². The van der Waals surface area contributed by atoms with Crippen molar-refractivity contribution in [2.75, 3.05) is 39.9 Å². The molecule has 3 saturated heterocycles. The van der Waals surface area contributed by atoms with E-state index in [1.807, 2.05) is 0 Å². The van der Waals surface area contributed by atoms with E-state index in [0.717, 1.165) is 45.4 Å². The summed E-state index contributed by atoms with van der Waals surface area (Å²) >= 11 is 0. The minimum atomic E-state index is -0.0237. The fourth-order valence-corrected chi connectivity index (χ4v) is 4.78. The molecule has 0 aromatic rings. The monoisotopic (exact) mass is 336 g/mol. The van der Waals surface area contributed by atoms with Crippen molar-refractivity contribution in [3.8, 4) is 0 Å². The number of hydrogen-bond donors (Lipinski definition) is 1. The Bertz CT molecular complexity index is 493. The lowest BCUT2D eigenvalue weighted by Crippen LogP contribution is -2.42. The van der Waals surface area contributed by atoms with Gasteiger partial charge in [0, 0.05) is 45.1 Å². The van der Waals surface area contributed by atoms with Gasteiger partial charge in [0.2, 0.25) is 5.91 Å². The summed E-state index contributed by atoms with van der Waals surface area (Å²) in [4.78, 5) is 14.3. The van der Waals surface area contributed by atoms with E-state index in [1.165, 1.54) is 12.0 Å². The molecule has 0 radical (unpaired) electrons. The summed E-state index contributed by atoms with van der Waals surface area (Å²) in [7, 11) is 1.55. The molecule has 2 bridgehead atoms. The lowest BCUT2D eigenvalue weighted by molar-refractivity contribution is -0.125. The molecule has 0 aromatic carbocycles. The van der Waals surface area contributed by atoms with Crippen molar-refractivity contribution < 1.29 is 14.3 Å². The molecule has 5 nitrogen and oxygen atoms in total. The second-order valence-corrected chi connectivity index (χ2v) is 7.70. The van der Waals surface area contributed by atoms with Crippen molar-refractivity contribution in [3.05, 3.63) is 11.6 Å². The molecule has 0 saturated carbocycles. The average molecular weight is 336 g/mol. The largest absolute Gasteiger partial charge is 0.375 e. The highest BCUT2D eigenvalue weighted by atomic mass is 16.5. The second kappa shape index (κ2) is 7.54. The van der Waals surface area contributed by atoms with Crippen LogP contribution in [-0.4, -0.2) is 62.4 Å². The summed E-state index contributed by atoms with van der Waals surface area (Å²) in [6.45, 7) is 8.58. The third-order valence-electron chi connectivity index (χ3n) is 6.16. The van der Waals surface area contributed by atoms with Gasteiger partial charge in [-0.2, -0.15) is 0 Å². The van der Waals surface area contributed by atoms with E-state index < -0.39 is 0 Å². The standard InChI is InChI=1S/C19H32N2O3/c1-4-14(2)6-5-9-21-11-16-15(10-20-18(22)12-23-3)17-7-8-19(16,13-21)24-17/h6,15-17H,4-5,7-13H2,1-3H3,(H,20,22)/t15-,16+,17+,19+/m0/s1. The Morgan fingerprint density at radius 2 is 2.33 bits per heavy atom. The molecule has 0 aromatic heterocycles. The maximum Gasteiger partial charge on any atom is 0.245 e. The fraction of sp³-hybridized carbons (Fsp3) is 0.842. The third kappa shape index (κ3) is 3.53. The van der Waals surface area contributed by atoms with Gasteiger partial charge < -0.3 is 14.8 Å². The van der Waals surface area contributed by atoms with Crippen LogP contribution in [0, 0.1) is 11.8 Å². The molecule has 0 aliphatic carbocycles. The van der Waals surface area contributed by atoms with Crippen molar-refractivity contribution in [1.82, 2.24) is 10.2 Å². The predicted molar refractivity (Wildman–Crippen MR) is 93.8 cm³/mol. The highest BCUT2D eigenvalue weighted by Crippen LogP contribution is 2.54. The van der Waals surface area contributed by atoms with Crippen molar-refractivity contribution in [2.45, 2.75) is 51.2 Å². The molecule has 1 amide bonds. The van der Waals surface area contributed by atoms with Crippen LogP contribution in [0.1, 0.15) is 39.5 Å². The number of ether oxygens (including phenoxy) is 2. The van der Waals surface area contributed by atoms with E-state index in [9.17, 15) is 4.79 Å². The van der Waals surface area contributed by atoms with Crippen LogP contribution in [0.4, 0.5) is 0 Å². The number of amides is 1. The Morgan fingerprint density at radius 1 is 1.50 bits per heavy atom. The Kier molecular flexibility index (Phi) is 5.63. The van der Waals surface area contributed by atoms with Crippen LogP contribution in [0.3, 0.4) is 0 Å². The highest BCUT2D eigenvalue weighted by molar-refractivity contribution is 5.77. The van der Waals surface area contributed by atoms with E-state index in [4.69, 9.17) is 9.47 Å². The van der Waals surface area contributed by atoms with Gasteiger partial charge in [0.25, 0.3) is 0 Å². The molecule has 24 heavy (non-hydrogen) atoms. The molecule has 3 rings (SSSR count). The highest BCUT2D eigenvalue weighted by Gasteiger charge is 2.62. The molecule has 3 aliphatic heterocycles. The molecule has 136 valence electrons. The topological polar surface area (TPSA) is 50.8 Å². The quantitative estimate of drug-likeness (QED) is 0.689. The number of carbonyl (C=O) groups excluding carboxylic acids is 1. The van der Waals surface area contributed by atoms with E-state index in [-0.39, 0.29) is 18.1 Å². The minimum Gasteiger partial charge on any atom is -0.375 e. The Hall–Kier alpha value is -0.910. The molecule has 4 atom stereocenters. The lowest BCUT2D eigenvalue weighted by atomic mass is 9.73. The number of nitrogens with one attached hydrogen (secondary N) is 1. The van der Waals surface area contributed by atoms with Crippen molar-refractivity contribution in [2.24, 2.45) is 11.8 Å². The van der Waals surface area contributed by atoms with Crippen LogP contribution in [0.2, 0.25) is 0 Å². The number of methoxy groups -OCH3 is 1. The summed E-state index contributed by atoms with van der Waals surface area (Å²) in [6.07, 6.45) is 7.30. The van der Waals surface area contributed by atoms with E-state index >= 15 is 0 Å². The minimum absolute atomic E-state index is 0.0237. The summed E-state index contributed by atoms with van der Waals surface area (Å²) in [5.41, 5.74) is 1.54. The number of hydrogen-bond acceptors (Lipinski definition) is 4. The number of allylic oxidation sites excluding steroid dienone is 1. The van der Waals surface area contributed by atoms with Gasteiger partial charge in [-0.15, -0.1) is 0 Å². The Morgan fingerprint density at radius 3 is 3.08 bits per heavy atom. The summed E-state index contributed by atoms with van der Waals surface area (Å²) in [5, 5.41) is 3.03. The Labute approximate surface area is 145 Å². The predicted octanol–water partition coefficient (Wildman–Crippen LogP) is 1.97. The van der Waals surface area contributed by atoms with Gasteiger partial charge >= 0.3 is 0 Å². The van der Waals surface area contributed by atoms with Crippen molar-refractivity contribution >= 4 is 5.91 Å². The van der Waals surface area contributed by atoms with Crippen LogP contribution in [0.15, 0.2) is 11.6 Å². The molecule has 1 N–H and O–H groups in total. The van der Waals surface area contributed by atoms with Gasteiger partial charge in [-0.25, -0.2) is 0 Å². The maximum absolute atomic E-state index is 11.7. The zero-order valence-electron chi connectivity index (χ0n) is 15.3. The number of fused-ring (bicyclic) bond motifs is 1. The van der Waals surface area contributed by atoms with E-state index in [2.05, 4.69) is 30.1 Å². The first-order valence-electron chi connectivity index (χ1n) is 9.39. The SMILES string of the molecule is CCC(C)=CCCN1C[C@@H]2[C@H](CNC(=O)COC)[C@H]3CC[C@]2(C1)O3. The van der Waals surface area contributed by atoms with Gasteiger partial charge in [0.05, 0.1) is 11.7 Å². The first-order valence-corrected chi connectivity index (χ1v) is 9.39. The normalized spacial score (nSPS) is 35.5. The van der Waals surface area contributed by atoms with Crippen LogP contribution >= 0.6 is 0 Å². The first kappa shape index (κ1) is 17.9. The average Bonchev–Trinajstić information content (AvgIpc) is 3.20. The number of nitrogens with zero attached hydrogens (tertiary/aromatic N) is 1. The summed E-state index contributed by atoms with van der Waals surface area (Å²) in [5.74, 6) is 0.997. The molecule has 3 fully saturated rings. The van der Waals surface area contributed by atoms with Crippen molar-refractivity contribution in [1.29, 1.82) is 0 Å². The van der Waals surface area contributed by atoms with E-state index in [1.54, 1.807) is 7.11 Å². The van der Waals surface area contributed by atoms with Gasteiger partial charge in [-0.1, -0.05) is 18.6 Å². The van der Waals surface area contributed by atoms with Crippen LogP contribution in [-0.2, 0) is 14.3 Å². The molecule has 3 heterocycles. The zero-order chi connectivity index (χ0) is 17.2. The number of likely N-dealkylation sites (tertiary alicyclic amines) is 1. The number of rotatable bonds is 8. The first-order chi connectivity index (χ1) is 11.6. The van der Waals surface area contributed by atoms with Gasteiger partial charge in [0.1, 0.15) is 6.61 Å². The molecule has 0 unspecified atom stereocenters. The smallest absolute Gasteiger partial charge is 0.245 e. The molecule has 5 heteroatoms. The Balaban J connectivity index is 1.54. The lowest BCUT2D eigenvalue weighted by Gasteiger charge is -2.29. The van der Waals surface area contributed by atoms with Gasteiger partial charge in [0.15, 0.2) is 0 Å². The third-order valence-corrected chi connectivity index (χ3v) is 6.16. The van der Waals surface area contributed by atoms with Gasteiger partial charge in [-0.05, 0) is 32.6 Å². The van der Waals surface area contributed by atoms with Gasteiger partial charge in [-0.3, -0.25) is 9.69 Å². The van der Waals surface area contributed by atoms with E-state index in [0.29, 0.717) is 17.9 Å². The molecule has 3 aliphatic rings. The van der Waals surface area contributed by atoms with Crippen LogP contribution in [0.25, 0.3) is 0 Å². The summed E-state index contributed by atoms with van der Waals surface area (Å²) in [6, 6.07) is 0. The maximum atomic E-state index is 11.7. The molecular formula is C19H32N2O3. The second-order valence-electron chi connectivity index (χ2n) is 7.70. The zero-order valence-corrected chi connectivity index (χ0v) is 15.3. The molecular weight excluding hydrogens is 304 g/mol. The summed E-state index contributed by atoms with van der Waals surface area (Å²) < 4.78 is 11.3. The van der Waals surface area contributed by atoms with Crippen LogP contribution in [0.5, 0.6) is 0 Å². The van der Waals surface area contributed by atoms with Crippen molar-refractivity contribution in [3.63, 3.8) is 0 Å². The number of carbonyl (C=O) groups is 1. The molecule has 1 spiro atoms. The fourth-order valence-electron chi connectivity index (χ4n) is 4.78.